The van der Waals surface area contributed by atoms with E-state index in [1.807, 2.05) is 0 Å². The van der Waals surface area contributed by atoms with E-state index in [1.165, 1.54) is 0 Å². The van der Waals surface area contributed by atoms with Gasteiger partial charge in [-0.3, -0.25) is 0 Å². The first-order valence-electron chi connectivity index (χ1n) is 2.47. The second kappa shape index (κ2) is 2.73. The van der Waals surface area contributed by atoms with Crippen LogP contribution in [0.5, 0.6) is 0 Å². The number of nitrogen functional groups attached to an aromatic ring is 1. The summed E-state index contributed by atoms with van der Waals surface area (Å²) in [4.78, 5) is 0.587. The molecule has 0 radical (unpaired) electrons. The molecule has 2 N–H and O–H groups in total. The van der Waals surface area contributed by atoms with Crippen molar-refractivity contribution in [2.45, 2.75) is 4.90 Å². The molecule has 0 bridgehead atoms. The fraction of sp³-hybridized carbons (Fsp3) is 0. The Morgan fingerprint density at radius 3 is 2.22 bits per heavy atom. The third kappa shape index (κ3) is 1.61. The monoisotopic (exact) mass is 143 g/mol. The third-order valence-corrected chi connectivity index (χ3v) is 1.42. The molecule has 0 aliphatic carbocycles. The van der Waals surface area contributed by atoms with Crippen LogP contribution in [0, 0.1) is 0 Å². The Morgan fingerprint density at radius 1 is 1.22 bits per heavy atom. The van der Waals surface area contributed by atoms with E-state index < -0.39 is 0 Å². The van der Waals surface area contributed by atoms with E-state index in [0.29, 0.717) is 10.6 Å². The summed E-state index contributed by atoms with van der Waals surface area (Å²) in [6.45, 7) is 0. The average molecular weight is 143 g/mol. The number of nitrogens with two attached hydrogens (primary N) is 1. The van der Waals surface area contributed by atoms with Gasteiger partial charge in [-0.25, -0.2) is 0 Å². The second-order valence-corrected chi connectivity index (χ2v) is 2.27. The molecule has 0 spiro atoms. The highest BCUT2D eigenvalue weighted by atomic mass is 32.2. The van der Waals surface area contributed by atoms with Crippen LogP contribution in [0.25, 0.3) is 0 Å². The van der Waals surface area contributed by atoms with Gasteiger partial charge in [-0.05, 0) is 24.3 Å². The largest absolute Gasteiger partial charge is 0.399 e. The number of hydrogen-bond acceptors (Lipinski definition) is 2. The van der Waals surface area contributed by atoms with E-state index in [2.05, 4.69) is 0 Å². The summed E-state index contributed by atoms with van der Waals surface area (Å²) < 4.78 is 11.7. The fourth-order valence-electron chi connectivity index (χ4n) is 0.519. The molecule has 48 valence electrons. The van der Waals surface area contributed by atoms with Crippen molar-refractivity contribution in [1.82, 2.24) is 0 Å². The van der Waals surface area contributed by atoms with Gasteiger partial charge < -0.3 is 5.73 Å². The summed E-state index contributed by atoms with van der Waals surface area (Å²) in [6, 6.07) is 6.61. The molecular formula is C6H6FNS. The predicted octanol–water partition coefficient (Wildman–Crippen LogP) is 2.25. The fourth-order valence-corrected chi connectivity index (χ4v) is 0.758. The minimum Gasteiger partial charge on any atom is -0.399 e. The summed E-state index contributed by atoms with van der Waals surface area (Å²) in [5.74, 6) is 0. The van der Waals surface area contributed by atoms with E-state index >= 15 is 0 Å². The maximum absolute atomic E-state index is 11.7. The van der Waals surface area contributed by atoms with Gasteiger partial charge in [0.05, 0.1) is 12.1 Å². The molecule has 3 heteroatoms. The number of anilines is 1. The number of hydrogen-bond donors (Lipinski definition) is 1. The Hall–Kier alpha value is -0.700. The first kappa shape index (κ1) is 6.42. The van der Waals surface area contributed by atoms with Gasteiger partial charge in [-0.15, -0.1) is 0 Å². The van der Waals surface area contributed by atoms with E-state index in [-0.39, 0.29) is 12.1 Å². The van der Waals surface area contributed by atoms with Crippen LogP contribution in [-0.4, -0.2) is 0 Å². The molecule has 1 nitrogen and oxygen atoms in total. The zero-order chi connectivity index (χ0) is 6.69. The average Bonchev–Trinajstić information content (AvgIpc) is 1.90. The number of halogens is 1. The van der Waals surface area contributed by atoms with Crippen molar-refractivity contribution < 1.29 is 3.89 Å². The molecule has 0 unspecified atom stereocenters. The Morgan fingerprint density at radius 2 is 1.78 bits per heavy atom. The molecule has 9 heavy (non-hydrogen) atoms. The summed E-state index contributed by atoms with van der Waals surface area (Å²) in [7, 11) is 0. The summed E-state index contributed by atoms with van der Waals surface area (Å²) in [6.07, 6.45) is 0. The van der Waals surface area contributed by atoms with Crippen LogP contribution < -0.4 is 5.73 Å². The molecule has 0 atom stereocenters. The first-order chi connectivity index (χ1) is 4.33. The second-order valence-electron chi connectivity index (χ2n) is 1.65. The van der Waals surface area contributed by atoms with E-state index in [1.54, 1.807) is 24.3 Å². The lowest BCUT2D eigenvalue weighted by Crippen LogP contribution is -1.81. The minimum absolute atomic E-state index is 0.222. The third-order valence-electron chi connectivity index (χ3n) is 0.969. The van der Waals surface area contributed by atoms with Crippen molar-refractivity contribution >= 4 is 17.8 Å². The van der Waals surface area contributed by atoms with E-state index in [4.69, 9.17) is 5.73 Å². The molecule has 1 aromatic rings. The van der Waals surface area contributed by atoms with Gasteiger partial charge in [0.25, 0.3) is 0 Å². The normalized spacial score (nSPS) is 9.44. The highest BCUT2D eigenvalue weighted by Gasteiger charge is 1.89. The zero-order valence-electron chi connectivity index (χ0n) is 4.67. The van der Waals surface area contributed by atoms with Gasteiger partial charge in [-0.2, -0.15) is 3.89 Å². The van der Waals surface area contributed by atoms with Gasteiger partial charge in [0.15, 0.2) is 0 Å². The molecule has 1 aromatic carbocycles. The Balaban J connectivity index is 2.88. The highest BCUT2D eigenvalue weighted by molar-refractivity contribution is 7.94. The van der Waals surface area contributed by atoms with Crippen molar-refractivity contribution in [3.63, 3.8) is 0 Å². The first-order valence-corrected chi connectivity index (χ1v) is 3.19. The lowest BCUT2D eigenvalue weighted by molar-refractivity contribution is 0.934. The molecule has 0 aliphatic rings. The van der Waals surface area contributed by atoms with Crippen LogP contribution in [0.3, 0.4) is 0 Å². The number of rotatable bonds is 1. The zero-order valence-corrected chi connectivity index (χ0v) is 5.49. The summed E-state index contributed by atoms with van der Waals surface area (Å²) >= 11 is 0.222. The standard InChI is InChI=1S/C6H6FNS/c7-9-6-3-1-5(8)2-4-6/h1-4H,8H2. The molecule has 0 saturated carbocycles. The molecule has 1 rings (SSSR count). The van der Waals surface area contributed by atoms with Gasteiger partial charge in [0, 0.05) is 10.6 Å². The van der Waals surface area contributed by atoms with E-state index in [0.717, 1.165) is 0 Å². The van der Waals surface area contributed by atoms with Crippen LogP contribution in [0.4, 0.5) is 9.57 Å². The van der Waals surface area contributed by atoms with Gasteiger partial charge in [0.1, 0.15) is 0 Å². The van der Waals surface area contributed by atoms with Crippen molar-refractivity contribution in [2.24, 2.45) is 0 Å². The van der Waals surface area contributed by atoms with Crippen LogP contribution in [0.2, 0.25) is 0 Å². The molecule has 0 heterocycles. The molecule has 0 aromatic heterocycles. The lowest BCUT2D eigenvalue weighted by atomic mass is 10.3. The van der Waals surface area contributed by atoms with E-state index in [9.17, 15) is 3.89 Å². The van der Waals surface area contributed by atoms with Crippen LogP contribution in [-0.2, 0) is 0 Å². The van der Waals surface area contributed by atoms with Crippen molar-refractivity contribution in [3.05, 3.63) is 24.3 Å². The number of benzene rings is 1. The molecule has 0 amide bonds. The molecular weight excluding hydrogens is 137 g/mol. The topological polar surface area (TPSA) is 26.0 Å². The smallest absolute Gasteiger partial charge is 0.0812 e. The predicted molar refractivity (Wildman–Crippen MR) is 37.8 cm³/mol. The summed E-state index contributed by atoms with van der Waals surface area (Å²) in [5.41, 5.74) is 6.01. The van der Waals surface area contributed by atoms with Crippen LogP contribution in [0.15, 0.2) is 29.2 Å². The van der Waals surface area contributed by atoms with Gasteiger partial charge in [0.2, 0.25) is 0 Å². The minimum atomic E-state index is 0.222. The van der Waals surface area contributed by atoms with Crippen LogP contribution >= 0.6 is 12.1 Å². The highest BCUT2D eigenvalue weighted by Crippen LogP contribution is 2.18. The van der Waals surface area contributed by atoms with Gasteiger partial charge >= 0.3 is 0 Å². The maximum Gasteiger partial charge on any atom is 0.0812 e. The molecule has 0 fully saturated rings. The Kier molecular flexibility index (Phi) is 1.95. The van der Waals surface area contributed by atoms with Crippen molar-refractivity contribution in [2.75, 3.05) is 5.73 Å². The Bertz CT molecular complexity index is 185. The maximum atomic E-state index is 11.7. The van der Waals surface area contributed by atoms with Crippen molar-refractivity contribution in [1.29, 1.82) is 0 Å². The van der Waals surface area contributed by atoms with Crippen molar-refractivity contribution in [3.8, 4) is 0 Å². The SMILES string of the molecule is Nc1ccc(SF)cc1. The molecule has 0 saturated heterocycles. The van der Waals surface area contributed by atoms with Crippen LogP contribution in [0.1, 0.15) is 0 Å². The molecule has 0 aliphatic heterocycles. The van der Waals surface area contributed by atoms with Gasteiger partial charge in [-0.1, -0.05) is 0 Å². The Labute approximate surface area is 57.4 Å². The summed E-state index contributed by atoms with van der Waals surface area (Å²) in [5, 5.41) is 0. The quantitative estimate of drug-likeness (QED) is 0.610. The lowest BCUT2D eigenvalue weighted by Gasteiger charge is -1.91.